The van der Waals surface area contributed by atoms with Crippen molar-refractivity contribution in [2.24, 2.45) is 17.8 Å². The highest BCUT2D eigenvalue weighted by molar-refractivity contribution is 6.33. The van der Waals surface area contributed by atoms with E-state index in [-0.39, 0.29) is 0 Å². The molecule has 5 nitrogen and oxygen atoms in total. The SMILES string of the molecule is OCC1CCC(Cc2cc(-c3cnc(Cl)c(NCC4CCOCC4)c3)c(Cl)cn2)CC1. The van der Waals surface area contributed by atoms with Crippen LogP contribution >= 0.6 is 23.2 Å². The Balaban J connectivity index is 1.46. The van der Waals surface area contributed by atoms with Crippen molar-refractivity contribution in [3.63, 3.8) is 0 Å². The van der Waals surface area contributed by atoms with E-state index in [1.54, 1.807) is 12.4 Å². The van der Waals surface area contributed by atoms with Gasteiger partial charge >= 0.3 is 0 Å². The van der Waals surface area contributed by atoms with E-state index in [0.29, 0.717) is 34.5 Å². The standard InChI is InChI=1S/C24H31Cl2N3O2/c25-22-14-27-20(9-16-1-3-18(15-30)4-2-16)11-21(22)19-10-23(24(26)29-13-19)28-12-17-5-7-31-8-6-17/h10-11,13-14,16-18,28,30H,1-9,12,15H2. The van der Waals surface area contributed by atoms with Gasteiger partial charge in [-0.1, -0.05) is 23.2 Å². The maximum absolute atomic E-state index is 9.36. The van der Waals surface area contributed by atoms with Gasteiger partial charge in [0, 0.05) is 55.6 Å². The molecule has 0 unspecified atom stereocenters. The number of anilines is 1. The molecule has 1 saturated carbocycles. The summed E-state index contributed by atoms with van der Waals surface area (Å²) in [6, 6.07) is 4.12. The summed E-state index contributed by atoms with van der Waals surface area (Å²) in [6.07, 6.45) is 11.1. The zero-order chi connectivity index (χ0) is 21.6. The second kappa shape index (κ2) is 11.0. The summed E-state index contributed by atoms with van der Waals surface area (Å²) >= 11 is 12.9. The molecule has 1 aliphatic carbocycles. The Morgan fingerprint density at radius 2 is 1.68 bits per heavy atom. The van der Waals surface area contributed by atoms with Crippen LogP contribution in [0.25, 0.3) is 11.1 Å². The van der Waals surface area contributed by atoms with Gasteiger partial charge in [-0.2, -0.15) is 0 Å². The molecule has 168 valence electrons. The molecular weight excluding hydrogens is 433 g/mol. The third kappa shape index (κ3) is 6.10. The summed E-state index contributed by atoms with van der Waals surface area (Å²) in [4.78, 5) is 8.98. The lowest BCUT2D eigenvalue weighted by Gasteiger charge is -2.27. The first-order valence-electron chi connectivity index (χ1n) is 11.3. The van der Waals surface area contributed by atoms with E-state index in [0.717, 1.165) is 87.2 Å². The molecule has 2 N–H and O–H groups in total. The Hall–Kier alpha value is -1.40. The Bertz CT molecular complexity index is 866. The Labute approximate surface area is 194 Å². The summed E-state index contributed by atoms with van der Waals surface area (Å²) in [5.74, 6) is 1.67. The van der Waals surface area contributed by atoms with Crippen molar-refractivity contribution in [1.29, 1.82) is 0 Å². The van der Waals surface area contributed by atoms with Gasteiger partial charge in [-0.25, -0.2) is 4.98 Å². The van der Waals surface area contributed by atoms with E-state index in [9.17, 15) is 5.11 Å². The van der Waals surface area contributed by atoms with Crippen molar-refractivity contribution in [2.75, 3.05) is 31.7 Å². The summed E-state index contributed by atoms with van der Waals surface area (Å²) in [7, 11) is 0. The molecule has 0 spiro atoms. The first-order chi connectivity index (χ1) is 15.1. The number of aliphatic hydroxyl groups is 1. The molecule has 31 heavy (non-hydrogen) atoms. The predicted octanol–water partition coefficient (Wildman–Crippen LogP) is 5.63. The fourth-order valence-electron chi connectivity index (χ4n) is 4.65. The molecule has 0 radical (unpaired) electrons. The summed E-state index contributed by atoms with van der Waals surface area (Å²) in [6.45, 7) is 2.83. The monoisotopic (exact) mass is 463 g/mol. The Morgan fingerprint density at radius 1 is 0.935 bits per heavy atom. The van der Waals surface area contributed by atoms with Gasteiger partial charge in [-0.05, 0) is 74.8 Å². The molecule has 2 aromatic heterocycles. The van der Waals surface area contributed by atoms with Crippen LogP contribution in [0.15, 0.2) is 24.5 Å². The second-order valence-electron chi connectivity index (χ2n) is 8.93. The molecule has 2 fully saturated rings. The number of ether oxygens (including phenoxy) is 1. The zero-order valence-electron chi connectivity index (χ0n) is 17.8. The van der Waals surface area contributed by atoms with Gasteiger partial charge < -0.3 is 15.2 Å². The largest absolute Gasteiger partial charge is 0.396 e. The number of halogens is 2. The summed E-state index contributed by atoms with van der Waals surface area (Å²) < 4.78 is 5.44. The van der Waals surface area contributed by atoms with Crippen molar-refractivity contribution in [3.8, 4) is 11.1 Å². The zero-order valence-corrected chi connectivity index (χ0v) is 19.3. The molecular formula is C24H31Cl2N3O2. The summed E-state index contributed by atoms with van der Waals surface area (Å²) in [5, 5.41) is 13.9. The van der Waals surface area contributed by atoms with E-state index in [2.05, 4.69) is 21.4 Å². The van der Waals surface area contributed by atoms with Crippen molar-refractivity contribution in [1.82, 2.24) is 9.97 Å². The van der Waals surface area contributed by atoms with Gasteiger partial charge in [0.2, 0.25) is 0 Å². The lowest BCUT2D eigenvalue weighted by atomic mass is 9.80. The normalized spacial score (nSPS) is 22.4. The quantitative estimate of drug-likeness (QED) is 0.520. The van der Waals surface area contributed by atoms with Crippen LogP contribution < -0.4 is 5.32 Å². The minimum atomic E-state index is 0.310. The third-order valence-electron chi connectivity index (χ3n) is 6.71. The first kappa shape index (κ1) is 22.8. The van der Waals surface area contributed by atoms with Crippen molar-refractivity contribution in [2.45, 2.75) is 44.9 Å². The Morgan fingerprint density at radius 3 is 2.42 bits per heavy atom. The van der Waals surface area contributed by atoms with Crippen molar-refractivity contribution >= 4 is 28.9 Å². The van der Waals surface area contributed by atoms with Crippen molar-refractivity contribution < 1.29 is 9.84 Å². The number of aromatic nitrogens is 2. The molecule has 0 bridgehead atoms. The number of nitrogens with zero attached hydrogens (tertiary/aromatic N) is 2. The van der Waals surface area contributed by atoms with E-state index in [1.807, 2.05) is 6.07 Å². The van der Waals surface area contributed by atoms with Gasteiger partial charge in [-0.3, -0.25) is 4.98 Å². The van der Waals surface area contributed by atoms with Crippen LogP contribution in [0.5, 0.6) is 0 Å². The smallest absolute Gasteiger partial charge is 0.152 e. The van der Waals surface area contributed by atoms with Crippen molar-refractivity contribution in [3.05, 3.63) is 40.4 Å². The lowest BCUT2D eigenvalue weighted by molar-refractivity contribution is 0.0699. The molecule has 7 heteroatoms. The fourth-order valence-corrected chi connectivity index (χ4v) is 5.04. The minimum Gasteiger partial charge on any atom is -0.396 e. The van der Waals surface area contributed by atoms with E-state index in [4.69, 9.17) is 27.9 Å². The number of hydrogen-bond acceptors (Lipinski definition) is 5. The highest BCUT2D eigenvalue weighted by Crippen LogP contribution is 2.34. The number of pyridine rings is 2. The second-order valence-corrected chi connectivity index (χ2v) is 9.69. The molecule has 3 heterocycles. The highest BCUT2D eigenvalue weighted by atomic mass is 35.5. The van der Waals surface area contributed by atoms with E-state index < -0.39 is 0 Å². The molecule has 1 saturated heterocycles. The molecule has 2 aromatic rings. The van der Waals surface area contributed by atoms with Gasteiger partial charge in [0.15, 0.2) is 5.15 Å². The first-order valence-corrected chi connectivity index (χ1v) is 12.1. The molecule has 2 aliphatic rings. The van der Waals surface area contributed by atoms with Gasteiger partial charge in [0.25, 0.3) is 0 Å². The number of hydrogen-bond donors (Lipinski definition) is 2. The topological polar surface area (TPSA) is 67.3 Å². The van der Waals surface area contributed by atoms with Crippen LogP contribution in [0, 0.1) is 17.8 Å². The maximum atomic E-state index is 9.36. The highest BCUT2D eigenvalue weighted by Gasteiger charge is 2.22. The minimum absolute atomic E-state index is 0.310. The van der Waals surface area contributed by atoms with Crippen LogP contribution in [0.2, 0.25) is 10.2 Å². The average molecular weight is 464 g/mol. The Kier molecular flexibility index (Phi) is 8.05. The predicted molar refractivity (Wildman–Crippen MR) is 126 cm³/mol. The van der Waals surface area contributed by atoms with Crippen LogP contribution in [0.4, 0.5) is 5.69 Å². The molecule has 0 atom stereocenters. The summed E-state index contributed by atoms with van der Waals surface area (Å²) in [5.41, 5.74) is 3.77. The van der Waals surface area contributed by atoms with Gasteiger partial charge in [0.05, 0.1) is 10.7 Å². The molecule has 0 aromatic carbocycles. The number of rotatable bonds is 7. The number of aliphatic hydroxyl groups excluding tert-OH is 1. The van der Waals surface area contributed by atoms with E-state index in [1.165, 1.54) is 0 Å². The fraction of sp³-hybridized carbons (Fsp3) is 0.583. The number of nitrogens with one attached hydrogen (secondary N) is 1. The molecule has 4 rings (SSSR count). The van der Waals surface area contributed by atoms with E-state index >= 15 is 0 Å². The van der Waals surface area contributed by atoms with Crippen LogP contribution in [-0.4, -0.2) is 41.4 Å². The van der Waals surface area contributed by atoms with Gasteiger partial charge in [0.1, 0.15) is 0 Å². The molecule has 0 amide bonds. The van der Waals surface area contributed by atoms with Crippen LogP contribution in [0.3, 0.4) is 0 Å². The van der Waals surface area contributed by atoms with Crippen LogP contribution in [0.1, 0.15) is 44.2 Å². The maximum Gasteiger partial charge on any atom is 0.152 e. The lowest BCUT2D eigenvalue weighted by Crippen LogP contribution is -2.22. The average Bonchev–Trinajstić information content (AvgIpc) is 2.81. The van der Waals surface area contributed by atoms with Crippen LogP contribution in [-0.2, 0) is 11.2 Å². The van der Waals surface area contributed by atoms with Gasteiger partial charge in [-0.15, -0.1) is 0 Å². The molecule has 1 aliphatic heterocycles. The third-order valence-corrected chi connectivity index (χ3v) is 7.31.